The highest BCUT2D eigenvalue weighted by atomic mass is 32.1. The van der Waals surface area contributed by atoms with Crippen molar-refractivity contribution in [3.8, 4) is 5.75 Å². The normalized spacial score (nSPS) is 11.9. The van der Waals surface area contributed by atoms with Crippen LogP contribution in [-0.2, 0) is 11.2 Å². The Balaban J connectivity index is 2.00. The van der Waals surface area contributed by atoms with E-state index >= 15 is 0 Å². The Hall–Kier alpha value is -1.81. The van der Waals surface area contributed by atoms with Crippen LogP contribution in [0.15, 0.2) is 41.8 Å². The molecular formula is C16H19NO2S. The Morgan fingerprint density at radius 2 is 2.00 bits per heavy atom. The molecule has 0 fully saturated rings. The predicted molar refractivity (Wildman–Crippen MR) is 82.2 cm³/mol. The highest BCUT2D eigenvalue weighted by Crippen LogP contribution is 2.24. The molecule has 0 saturated heterocycles. The molecule has 0 N–H and O–H groups in total. The van der Waals surface area contributed by atoms with Crippen molar-refractivity contribution in [2.75, 3.05) is 14.2 Å². The molecule has 0 saturated carbocycles. The monoisotopic (exact) mass is 289 g/mol. The van der Waals surface area contributed by atoms with Crippen molar-refractivity contribution in [3.63, 3.8) is 0 Å². The summed E-state index contributed by atoms with van der Waals surface area (Å²) < 4.78 is 5.11. The van der Waals surface area contributed by atoms with Gasteiger partial charge in [0.2, 0.25) is 5.91 Å². The number of ether oxygens (including phenoxy) is 1. The van der Waals surface area contributed by atoms with E-state index in [1.807, 2.05) is 42.8 Å². The van der Waals surface area contributed by atoms with Crippen LogP contribution in [0.5, 0.6) is 5.75 Å². The lowest BCUT2D eigenvalue weighted by Gasteiger charge is -2.24. The molecule has 1 aromatic carbocycles. The number of carbonyl (C=O) groups is 1. The molecule has 1 aromatic heterocycles. The van der Waals surface area contributed by atoms with Crippen molar-refractivity contribution >= 4 is 17.2 Å². The third-order valence-corrected chi connectivity index (χ3v) is 4.49. The van der Waals surface area contributed by atoms with E-state index in [1.165, 1.54) is 4.88 Å². The maximum absolute atomic E-state index is 12.3. The van der Waals surface area contributed by atoms with Crippen molar-refractivity contribution in [3.05, 3.63) is 52.2 Å². The smallest absolute Gasteiger partial charge is 0.227 e. The third kappa shape index (κ3) is 3.39. The molecule has 3 nitrogen and oxygen atoms in total. The van der Waals surface area contributed by atoms with Crippen LogP contribution >= 0.6 is 11.3 Å². The van der Waals surface area contributed by atoms with Gasteiger partial charge in [-0.2, -0.15) is 0 Å². The summed E-state index contributed by atoms with van der Waals surface area (Å²) in [5.74, 6) is 0.928. The van der Waals surface area contributed by atoms with E-state index in [0.29, 0.717) is 6.42 Å². The molecule has 4 heteroatoms. The van der Waals surface area contributed by atoms with Gasteiger partial charge >= 0.3 is 0 Å². The Morgan fingerprint density at radius 3 is 2.55 bits per heavy atom. The Morgan fingerprint density at radius 1 is 1.30 bits per heavy atom. The molecule has 0 bridgehead atoms. The fraction of sp³-hybridized carbons (Fsp3) is 0.312. The van der Waals surface area contributed by atoms with E-state index in [4.69, 9.17) is 4.74 Å². The number of likely N-dealkylation sites (N-methyl/N-ethyl adjacent to an activating group) is 1. The second-order valence-corrected chi connectivity index (χ2v) is 5.70. The van der Waals surface area contributed by atoms with Gasteiger partial charge in [0.25, 0.3) is 0 Å². The second-order valence-electron chi connectivity index (χ2n) is 4.72. The maximum atomic E-state index is 12.3. The van der Waals surface area contributed by atoms with Gasteiger partial charge in [0, 0.05) is 11.9 Å². The molecule has 0 radical (unpaired) electrons. The van der Waals surface area contributed by atoms with Crippen molar-refractivity contribution < 1.29 is 9.53 Å². The molecule has 0 aliphatic rings. The molecule has 0 aliphatic carbocycles. The fourth-order valence-corrected chi connectivity index (χ4v) is 2.81. The highest BCUT2D eigenvalue weighted by Gasteiger charge is 2.18. The number of rotatable bonds is 5. The number of hydrogen-bond acceptors (Lipinski definition) is 3. The van der Waals surface area contributed by atoms with E-state index in [0.717, 1.165) is 11.3 Å². The van der Waals surface area contributed by atoms with Gasteiger partial charge in [-0.1, -0.05) is 18.2 Å². The summed E-state index contributed by atoms with van der Waals surface area (Å²) >= 11 is 1.68. The predicted octanol–water partition coefficient (Wildman–Crippen LogP) is 3.52. The number of thiophene rings is 1. The van der Waals surface area contributed by atoms with E-state index in [9.17, 15) is 4.79 Å². The molecule has 106 valence electrons. The zero-order valence-electron chi connectivity index (χ0n) is 12.0. The second kappa shape index (κ2) is 6.57. The van der Waals surface area contributed by atoms with Gasteiger partial charge in [-0.05, 0) is 36.1 Å². The minimum Gasteiger partial charge on any atom is -0.497 e. The van der Waals surface area contributed by atoms with Gasteiger partial charge < -0.3 is 9.64 Å². The summed E-state index contributed by atoms with van der Waals surface area (Å²) in [6.45, 7) is 2.05. The van der Waals surface area contributed by atoms with Gasteiger partial charge in [-0.25, -0.2) is 0 Å². The number of hydrogen-bond donors (Lipinski definition) is 0. The first-order valence-electron chi connectivity index (χ1n) is 6.54. The van der Waals surface area contributed by atoms with Crippen LogP contribution in [0.4, 0.5) is 0 Å². The van der Waals surface area contributed by atoms with Crippen LogP contribution in [0.25, 0.3) is 0 Å². The molecular weight excluding hydrogens is 270 g/mol. The van der Waals surface area contributed by atoms with Gasteiger partial charge in [0.1, 0.15) is 5.75 Å². The summed E-state index contributed by atoms with van der Waals surface area (Å²) in [6, 6.07) is 11.8. The average Bonchev–Trinajstić information content (AvgIpc) is 3.00. The number of carbonyl (C=O) groups excluding carboxylic acids is 1. The fourth-order valence-electron chi connectivity index (χ4n) is 1.98. The zero-order valence-corrected chi connectivity index (χ0v) is 12.8. The summed E-state index contributed by atoms with van der Waals surface area (Å²) in [5.41, 5.74) is 1.00. The van der Waals surface area contributed by atoms with Crippen molar-refractivity contribution in [1.29, 1.82) is 0 Å². The van der Waals surface area contributed by atoms with E-state index in [2.05, 4.69) is 13.0 Å². The minimum absolute atomic E-state index is 0.112. The number of nitrogens with zero attached hydrogens (tertiary/aromatic N) is 1. The van der Waals surface area contributed by atoms with Crippen LogP contribution < -0.4 is 4.74 Å². The first-order valence-corrected chi connectivity index (χ1v) is 7.41. The first-order chi connectivity index (χ1) is 9.61. The summed E-state index contributed by atoms with van der Waals surface area (Å²) in [6.07, 6.45) is 0.413. The lowest BCUT2D eigenvalue weighted by Crippen LogP contribution is -2.30. The number of amides is 1. The lowest BCUT2D eigenvalue weighted by atomic mass is 10.1. The van der Waals surface area contributed by atoms with E-state index < -0.39 is 0 Å². The quantitative estimate of drug-likeness (QED) is 0.843. The van der Waals surface area contributed by atoms with Crippen LogP contribution in [0.1, 0.15) is 23.4 Å². The van der Waals surface area contributed by atoms with Crippen LogP contribution in [0.2, 0.25) is 0 Å². The Kier molecular flexibility index (Phi) is 4.79. The Labute approximate surface area is 123 Å². The topological polar surface area (TPSA) is 29.5 Å². The van der Waals surface area contributed by atoms with Crippen LogP contribution in [0.3, 0.4) is 0 Å². The van der Waals surface area contributed by atoms with Gasteiger partial charge in [-0.3, -0.25) is 4.79 Å². The number of benzene rings is 1. The summed E-state index contributed by atoms with van der Waals surface area (Å²) in [4.78, 5) is 15.3. The molecule has 0 spiro atoms. The molecule has 1 heterocycles. The SMILES string of the molecule is COc1ccc(CC(=O)N(C)C(C)c2cccs2)cc1. The highest BCUT2D eigenvalue weighted by molar-refractivity contribution is 7.10. The molecule has 0 aliphatic heterocycles. The molecule has 1 atom stereocenters. The molecule has 2 rings (SSSR count). The first kappa shape index (κ1) is 14.6. The maximum Gasteiger partial charge on any atom is 0.227 e. The number of methoxy groups -OCH3 is 1. The van der Waals surface area contributed by atoms with Crippen molar-refractivity contribution in [2.45, 2.75) is 19.4 Å². The zero-order chi connectivity index (χ0) is 14.5. The summed E-state index contributed by atoms with van der Waals surface area (Å²) in [5, 5.41) is 2.04. The largest absolute Gasteiger partial charge is 0.497 e. The van der Waals surface area contributed by atoms with E-state index in [-0.39, 0.29) is 11.9 Å². The Bertz CT molecular complexity index is 548. The van der Waals surface area contributed by atoms with Crippen molar-refractivity contribution in [2.24, 2.45) is 0 Å². The van der Waals surface area contributed by atoms with Gasteiger partial charge in [-0.15, -0.1) is 11.3 Å². The van der Waals surface area contributed by atoms with E-state index in [1.54, 1.807) is 23.3 Å². The van der Waals surface area contributed by atoms with Crippen molar-refractivity contribution in [1.82, 2.24) is 4.90 Å². The minimum atomic E-state index is 0.112. The lowest BCUT2D eigenvalue weighted by molar-refractivity contribution is -0.131. The van der Waals surface area contributed by atoms with Gasteiger partial charge in [0.05, 0.1) is 19.6 Å². The standard InChI is InChI=1S/C16H19NO2S/c1-12(15-5-4-10-20-15)17(2)16(18)11-13-6-8-14(19-3)9-7-13/h4-10,12H,11H2,1-3H3. The molecule has 1 amide bonds. The van der Waals surface area contributed by atoms with Gasteiger partial charge in [0.15, 0.2) is 0 Å². The molecule has 20 heavy (non-hydrogen) atoms. The summed E-state index contributed by atoms with van der Waals surface area (Å²) in [7, 11) is 3.49. The third-order valence-electron chi connectivity index (χ3n) is 3.44. The molecule has 2 aromatic rings. The van der Waals surface area contributed by atoms with Crippen LogP contribution in [0, 0.1) is 0 Å². The van der Waals surface area contributed by atoms with Crippen LogP contribution in [-0.4, -0.2) is 25.0 Å². The molecule has 1 unspecified atom stereocenters. The average molecular weight is 289 g/mol.